The molecule has 38 heavy (non-hydrogen) atoms. The fraction of sp³-hybridized carbons (Fsp3) is 0.655. The van der Waals surface area contributed by atoms with E-state index in [-0.39, 0.29) is 30.7 Å². The number of aliphatic hydroxyl groups excluding tert-OH is 1. The minimum atomic E-state index is 0.00438. The summed E-state index contributed by atoms with van der Waals surface area (Å²) in [5.41, 5.74) is 2.66. The molecule has 1 amide bonds. The maximum atomic E-state index is 14.3. The van der Waals surface area contributed by atoms with E-state index in [1.165, 1.54) is 0 Å². The second kappa shape index (κ2) is 14.2. The molecule has 9 nitrogen and oxygen atoms in total. The first-order valence-corrected chi connectivity index (χ1v) is 14.1. The zero-order valence-electron chi connectivity index (χ0n) is 23.2. The van der Waals surface area contributed by atoms with Crippen LogP contribution in [0.1, 0.15) is 43.6 Å². The van der Waals surface area contributed by atoms with Gasteiger partial charge < -0.3 is 29.4 Å². The molecular formula is C29H45N5O4. The monoisotopic (exact) mass is 527 g/mol. The van der Waals surface area contributed by atoms with E-state index in [0.717, 1.165) is 63.5 Å². The highest BCUT2D eigenvalue weighted by molar-refractivity contribution is 5.94. The van der Waals surface area contributed by atoms with Crippen LogP contribution >= 0.6 is 0 Å². The second-order valence-corrected chi connectivity index (χ2v) is 10.9. The standard InChI is InChI=1S/C29H45N5O4/c1-22(2)21-34(25-17-24(19-31-20-25)29(37-3)32-12-15-38-16-13-32)28(36)27-9-8-26(23-7-6-10-30-18-23)33(27)11-4-5-14-35/h6-10,18,22,24-25,29,31,35H,4-5,11-17,19-21H2,1-3H3/t24-,25?,29+/m1/s1. The Balaban J connectivity index is 1.59. The zero-order valence-corrected chi connectivity index (χ0v) is 23.2. The lowest BCUT2D eigenvalue weighted by Gasteiger charge is -2.44. The van der Waals surface area contributed by atoms with Crippen LogP contribution in [-0.2, 0) is 16.0 Å². The molecule has 0 bridgehead atoms. The van der Waals surface area contributed by atoms with Crippen LogP contribution in [-0.4, -0.2) is 102 Å². The molecule has 2 saturated heterocycles. The number of piperidine rings is 1. The quantitative estimate of drug-likeness (QED) is 0.410. The van der Waals surface area contributed by atoms with Crippen molar-refractivity contribution in [3.63, 3.8) is 0 Å². The van der Waals surface area contributed by atoms with E-state index in [4.69, 9.17) is 9.47 Å². The predicted octanol–water partition coefficient (Wildman–Crippen LogP) is 2.70. The number of ether oxygens (including phenoxy) is 2. The average Bonchev–Trinajstić information content (AvgIpc) is 3.37. The minimum absolute atomic E-state index is 0.00438. The smallest absolute Gasteiger partial charge is 0.270 e. The van der Waals surface area contributed by atoms with Gasteiger partial charge in [0.05, 0.1) is 18.9 Å². The van der Waals surface area contributed by atoms with Crippen molar-refractivity contribution < 1.29 is 19.4 Å². The Labute approximate surface area is 227 Å². The summed E-state index contributed by atoms with van der Waals surface area (Å²) in [6, 6.07) is 8.00. The number of hydrogen-bond acceptors (Lipinski definition) is 7. The predicted molar refractivity (Wildman–Crippen MR) is 148 cm³/mol. The first-order valence-electron chi connectivity index (χ1n) is 14.1. The van der Waals surface area contributed by atoms with E-state index >= 15 is 0 Å². The first kappa shape index (κ1) is 28.7. The fourth-order valence-corrected chi connectivity index (χ4v) is 5.86. The lowest BCUT2D eigenvalue weighted by Crippen LogP contribution is -2.57. The maximum absolute atomic E-state index is 14.3. The number of hydrogen-bond donors (Lipinski definition) is 2. The van der Waals surface area contributed by atoms with E-state index in [0.29, 0.717) is 31.1 Å². The number of aliphatic hydroxyl groups is 1. The molecule has 9 heteroatoms. The molecule has 0 saturated carbocycles. The molecule has 4 heterocycles. The Morgan fingerprint density at radius 2 is 2.05 bits per heavy atom. The highest BCUT2D eigenvalue weighted by Crippen LogP contribution is 2.28. The minimum Gasteiger partial charge on any atom is -0.396 e. The van der Waals surface area contributed by atoms with E-state index in [1.807, 2.05) is 30.5 Å². The Morgan fingerprint density at radius 3 is 2.74 bits per heavy atom. The molecule has 0 spiro atoms. The summed E-state index contributed by atoms with van der Waals surface area (Å²) in [6.07, 6.45) is 5.99. The number of pyridine rings is 1. The van der Waals surface area contributed by atoms with Gasteiger partial charge in [-0.05, 0) is 49.4 Å². The van der Waals surface area contributed by atoms with E-state index < -0.39 is 0 Å². The molecule has 0 aliphatic carbocycles. The van der Waals surface area contributed by atoms with Gasteiger partial charge >= 0.3 is 0 Å². The molecule has 2 aliphatic rings. The lowest BCUT2D eigenvalue weighted by atomic mass is 9.91. The Morgan fingerprint density at radius 1 is 1.24 bits per heavy atom. The zero-order chi connectivity index (χ0) is 26.9. The SMILES string of the molecule is CO[C@@H]([C@H]1CNCC(N(CC(C)C)C(=O)c2ccc(-c3cccnc3)n2CCCCO)C1)N1CCOCC1. The summed E-state index contributed by atoms with van der Waals surface area (Å²) < 4.78 is 13.7. The number of amides is 1. The number of aromatic nitrogens is 2. The number of rotatable bonds is 12. The van der Waals surface area contributed by atoms with Crippen molar-refractivity contribution in [3.05, 3.63) is 42.4 Å². The van der Waals surface area contributed by atoms with Crippen molar-refractivity contribution in [2.24, 2.45) is 11.8 Å². The van der Waals surface area contributed by atoms with Crippen LogP contribution in [0.4, 0.5) is 0 Å². The summed E-state index contributed by atoms with van der Waals surface area (Å²) in [6.45, 7) is 10.7. The van der Waals surface area contributed by atoms with Crippen molar-refractivity contribution in [3.8, 4) is 11.3 Å². The van der Waals surface area contributed by atoms with Gasteiger partial charge in [0.15, 0.2) is 0 Å². The third-order valence-electron chi connectivity index (χ3n) is 7.62. The van der Waals surface area contributed by atoms with Crippen LogP contribution in [0.5, 0.6) is 0 Å². The van der Waals surface area contributed by atoms with E-state index in [9.17, 15) is 9.90 Å². The number of unbranched alkanes of at least 4 members (excludes halogenated alkanes) is 1. The van der Waals surface area contributed by atoms with Crippen LogP contribution in [0, 0.1) is 11.8 Å². The Bertz CT molecular complexity index is 992. The molecule has 2 N–H and O–H groups in total. The van der Waals surface area contributed by atoms with Gasteiger partial charge in [-0.15, -0.1) is 0 Å². The summed E-state index contributed by atoms with van der Waals surface area (Å²) >= 11 is 0. The van der Waals surface area contributed by atoms with Crippen molar-refractivity contribution in [1.29, 1.82) is 0 Å². The van der Waals surface area contributed by atoms with Crippen LogP contribution in [0.3, 0.4) is 0 Å². The van der Waals surface area contributed by atoms with Crippen LogP contribution < -0.4 is 5.32 Å². The summed E-state index contributed by atoms with van der Waals surface area (Å²) in [4.78, 5) is 23.0. The molecule has 2 aliphatic heterocycles. The van der Waals surface area contributed by atoms with Crippen molar-refractivity contribution >= 4 is 5.91 Å². The molecular weight excluding hydrogens is 482 g/mol. The normalized spacial score (nSPS) is 21.5. The number of methoxy groups -OCH3 is 1. The van der Waals surface area contributed by atoms with Crippen molar-refractivity contribution in [2.75, 3.05) is 59.7 Å². The maximum Gasteiger partial charge on any atom is 0.270 e. The lowest BCUT2D eigenvalue weighted by molar-refractivity contribution is -0.113. The van der Waals surface area contributed by atoms with Crippen molar-refractivity contribution in [1.82, 2.24) is 24.7 Å². The van der Waals surface area contributed by atoms with Crippen molar-refractivity contribution in [2.45, 2.75) is 51.9 Å². The fourth-order valence-electron chi connectivity index (χ4n) is 5.86. The molecule has 1 unspecified atom stereocenters. The van der Waals surface area contributed by atoms with Gasteiger partial charge in [0.25, 0.3) is 5.91 Å². The van der Waals surface area contributed by atoms with Gasteiger partial charge in [0.2, 0.25) is 0 Å². The molecule has 2 aromatic rings. The second-order valence-electron chi connectivity index (χ2n) is 10.9. The van der Waals surface area contributed by atoms with E-state index in [1.54, 1.807) is 13.3 Å². The number of carbonyl (C=O) groups is 1. The summed E-state index contributed by atoms with van der Waals surface area (Å²) in [7, 11) is 1.79. The molecule has 0 radical (unpaired) electrons. The third-order valence-corrected chi connectivity index (χ3v) is 7.62. The molecule has 2 aromatic heterocycles. The molecule has 2 fully saturated rings. The highest BCUT2D eigenvalue weighted by atomic mass is 16.5. The largest absolute Gasteiger partial charge is 0.396 e. The topological polar surface area (TPSA) is 92.1 Å². The van der Waals surface area contributed by atoms with Crippen LogP contribution in [0.15, 0.2) is 36.7 Å². The van der Waals surface area contributed by atoms with Crippen LogP contribution in [0.2, 0.25) is 0 Å². The third kappa shape index (κ3) is 7.01. The molecule has 0 aromatic carbocycles. The summed E-state index contributed by atoms with van der Waals surface area (Å²) in [5.74, 6) is 0.680. The summed E-state index contributed by atoms with van der Waals surface area (Å²) in [5, 5.41) is 13.0. The van der Waals surface area contributed by atoms with Gasteiger partial charge in [-0.25, -0.2) is 0 Å². The Hall–Kier alpha value is -2.30. The highest BCUT2D eigenvalue weighted by Gasteiger charge is 2.37. The molecule has 210 valence electrons. The number of carbonyl (C=O) groups excluding carboxylic acids is 1. The Kier molecular flexibility index (Phi) is 10.7. The van der Waals surface area contributed by atoms with Gasteiger partial charge in [0.1, 0.15) is 11.9 Å². The average molecular weight is 528 g/mol. The van der Waals surface area contributed by atoms with Gasteiger partial charge in [-0.2, -0.15) is 0 Å². The van der Waals surface area contributed by atoms with Crippen LogP contribution in [0.25, 0.3) is 11.3 Å². The van der Waals surface area contributed by atoms with Gasteiger partial charge in [-0.1, -0.05) is 13.8 Å². The van der Waals surface area contributed by atoms with E-state index in [2.05, 4.69) is 38.5 Å². The van der Waals surface area contributed by atoms with Gasteiger partial charge in [-0.3, -0.25) is 14.7 Å². The molecule has 3 atom stereocenters. The molecule has 4 rings (SSSR count). The number of morpholine rings is 1. The number of nitrogens with zero attached hydrogens (tertiary/aromatic N) is 4. The first-order chi connectivity index (χ1) is 18.5. The number of nitrogens with one attached hydrogen (secondary N) is 1. The van der Waals surface area contributed by atoms with Gasteiger partial charge in [0, 0.05) is 82.9 Å².